The first-order valence-electron chi connectivity index (χ1n) is 8.54. The maximum atomic E-state index is 12.5. The van der Waals surface area contributed by atoms with Crippen LogP contribution in [0.15, 0.2) is 36.7 Å². The Balaban J connectivity index is 2.10. The average molecular weight is 340 g/mol. The SMILES string of the molecule is CCCN(CCC)C(=O)c1cnc(Nc2cccc(C(C)=O)c2)cn1. The smallest absolute Gasteiger partial charge is 0.274 e. The molecule has 0 bridgehead atoms. The quantitative estimate of drug-likeness (QED) is 0.742. The van der Waals surface area contributed by atoms with Crippen molar-refractivity contribution < 1.29 is 9.59 Å². The highest BCUT2D eigenvalue weighted by molar-refractivity contribution is 5.95. The number of hydrogen-bond acceptors (Lipinski definition) is 5. The van der Waals surface area contributed by atoms with Crippen molar-refractivity contribution in [3.05, 3.63) is 47.9 Å². The second kappa shape index (κ2) is 8.92. The van der Waals surface area contributed by atoms with Gasteiger partial charge in [0, 0.05) is 24.3 Å². The summed E-state index contributed by atoms with van der Waals surface area (Å²) in [7, 11) is 0. The summed E-state index contributed by atoms with van der Waals surface area (Å²) in [6.45, 7) is 7.05. The molecule has 0 radical (unpaired) electrons. The molecule has 0 fully saturated rings. The molecule has 0 aliphatic heterocycles. The summed E-state index contributed by atoms with van der Waals surface area (Å²) in [6.07, 6.45) is 4.83. The first kappa shape index (κ1) is 18.6. The fourth-order valence-corrected chi connectivity index (χ4v) is 2.48. The van der Waals surface area contributed by atoms with Gasteiger partial charge in [0.25, 0.3) is 5.91 Å². The molecule has 0 spiro atoms. The molecule has 25 heavy (non-hydrogen) atoms. The summed E-state index contributed by atoms with van der Waals surface area (Å²) in [5, 5.41) is 3.09. The van der Waals surface area contributed by atoms with E-state index in [0.29, 0.717) is 30.2 Å². The van der Waals surface area contributed by atoms with Crippen LogP contribution in [0.1, 0.15) is 54.5 Å². The van der Waals surface area contributed by atoms with Crippen molar-refractivity contribution in [2.75, 3.05) is 18.4 Å². The maximum Gasteiger partial charge on any atom is 0.274 e. The van der Waals surface area contributed by atoms with Crippen LogP contribution in [0.3, 0.4) is 0 Å². The van der Waals surface area contributed by atoms with Gasteiger partial charge in [0.05, 0.1) is 12.4 Å². The Kier molecular flexibility index (Phi) is 6.62. The molecule has 132 valence electrons. The summed E-state index contributed by atoms with van der Waals surface area (Å²) >= 11 is 0. The van der Waals surface area contributed by atoms with E-state index < -0.39 is 0 Å². The number of Topliss-reactive ketones (excluding diaryl/α,β-unsaturated/α-hetero) is 1. The monoisotopic (exact) mass is 340 g/mol. The number of nitrogens with one attached hydrogen (secondary N) is 1. The number of hydrogen-bond donors (Lipinski definition) is 1. The lowest BCUT2D eigenvalue weighted by molar-refractivity contribution is 0.0749. The lowest BCUT2D eigenvalue weighted by Gasteiger charge is -2.20. The first-order valence-corrected chi connectivity index (χ1v) is 8.54. The third-order valence-corrected chi connectivity index (χ3v) is 3.69. The lowest BCUT2D eigenvalue weighted by Crippen LogP contribution is -2.33. The van der Waals surface area contributed by atoms with E-state index in [4.69, 9.17) is 0 Å². The number of amides is 1. The molecule has 1 amide bonds. The Morgan fingerprint density at radius 2 is 1.80 bits per heavy atom. The Morgan fingerprint density at radius 3 is 2.36 bits per heavy atom. The summed E-state index contributed by atoms with van der Waals surface area (Å²) in [4.78, 5) is 34.2. The molecule has 2 rings (SSSR count). The minimum atomic E-state index is -0.0960. The van der Waals surface area contributed by atoms with Crippen LogP contribution in [-0.4, -0.2) is 39.6 Å². The van der Waals surface area contributed by atoms with E-state index in [2.05, 4.69) is 15.3 Å². The number of nitrogens with zero attached hydrogens (tertiary/aromatic N) is 3. The van der Waals surface area contributed by atoms with Crippen LogP contribution in [0.4, 0.5) is 11.5 Å². The van der Waals surface area contributed by atoms with Crippen molar-refractivity contribution in [1.82, 2.24) is 14.9 Å². The largest absolute Gasteiger partial charge is 0.339 e. The molecule has 1 heterocycles. The van der Waals surface area contributed by atoms with Crippen LogP contribution in [0.25, 0.3) is 0 Å². The molecular weight excluding hydrogens is 316 g/mol. The highest BCUT2D eigenvalue weighted by Gasteiger charge is 2.16. The molecule has 1 N–H and O–H groups in total. The van der Waals surface area contributed by atoms with E-state index in [9.17, 15) is 9.59 Å². The van der Waals surface area contributed by atoms with Crippen LogP contribution in [0.5, 0.6) is 0 Å². The predicted octanol–water partition coefficient (Wildman–Crippen LogP) is 3.69. The van der Waals surface area contributed by atoms with Gasteiger partial charge in [-0.05, 0) is 31.9 Å². The highest BCUT2D eigenvalue weighted by Crippen LogP contribution is 2.16. The summed E-state index contributed by atoms with van der Waals surface area (Å²) in [5.41, 5.74) is 1.71. The Bertz CT molecular complexity index is 722. The van der Waals surface area contributed by atoms with Gasteiger partial charge in [0.2, 0.25) is 0 Å². The molecule has 0 saturated heterocycles. The first-order chi connectivity index (χ1) is 12.0. The molecular formula is C19H24N4O2. The molecule has 0 aliphatic carbocycles. The number of aromatic nitrogens is 2. The summed E-state index contributed by atoms with van der Waals surface area (Å²) < 4.78 is 0. The maximum absolute atomic E-state index is 12.5. The van der Waals surface area contributed by atoms with Crippen molar-refractivity contribution in [2.45, 2.75) is 33.6 Å². The number of benzene rings is 1. The molecule has 0 atom stereocenters. The van der Waals surface area contributed by atoms with Gasteiger partial charge in [-0.2, -0.15) is 0 Å². The van der Waals surface area contributed by atoms with Crippen molar-refractivity contribution in [2.24, 2.45) is 0 Å². The van der Waals surface area contributed by atoms with Crippen molar-refractivity contribution in [1.29, 1.82) is 0 Å². The molecule has 0 saturated carbocycles. The molecule has 0 aliphatic rings. The van der Waals surface area contributed by atoms with Gasteiger partial charge in [-0.3, -0.25) is 9.59 Å². The van der Waals surface area contributed by atoms with Gasteiger partial charge in [-0.1, -0.05) is 26.0 Å². The Labute approximate surface area is 148 Å². The van der Waals surface area contributed by atoms with Gasteiger partial charge in [-0.15, -0.1) is 0 Å². The Hall–Kier alpha value is -2.76. The average Bonchev–Trinajstić information content (AvgIpc) is 2.62. The summed E-state index contributed by atoms with van der Waals surface area (Å²) in [6, 6.07) is 7.17. The summed E-state index contributed by atoms with van der Waals surface area (Å²) in [5.74, 6) is 0.429. The lowest BCUT2D eigenvalue weighted by atomic mass is 10.1. The second-order valence-electron chi connectivity index (χ2n) is 5.84. The van der Waals surface area contributed by atoms with E-state index in [1.165, 1.54) is 19.3 Å². The number of carbonyl (C=O) groups is 2. The zero-order valence-electron chi connectivity index (χ0n) is 15.0. The molecule has 6 heteroatoms. The van der Waals surface area contributed by atoms with Crippen LogP contribution < -0.4 is 5.32 Å². The minimum Gasteiger partial charge on any atom is -0.339 e. The highest BCUT2D eigenvalue weighted by atomic mass is 16.2. The van der Waals surface area contributed by atoms with E-state index in [0.717, 1.165) is 18.5 Å². The van der Waals surface area contributed by atoms with Gasteiger partial charge in [-0.25, -0.2) is 9.97 Å². The zero-order chi connectivity index (χ0) is 18.2. The van der Waals surface area contributed by atoms with Crippen LogP contribution in [0.2, 0.25) is 0 Å². The van der Waals surface area contributed by atoms with E-state index >= 15 is 0 Å². The molecule has 1 aromatic heterocycles. The molecule has 0 unspecified atom stereocenters. The van der Waals surface area contributed by atoms with Crippen molar-refractivity contribution >= 4 is 23.2 Å². The number of rotatable bonds is 8. The van der Waals surface area contributed by atoms with E-state index in [1.807, 2.05) is 19.9 Å². The normalized spacial score (nSPS) is 10.4. The molecule has 1 aromatic carbocycles. The van der Waals surface area contributed by atoms with Crippen LogP contribution >= 0.6 is 0 Å². The molecule has 2 aromatic rings. The zero-order valence-corrected chi connectivity index (χ0v) is 15.0. The van der Waals surface area contributed by atoms with Gasteiger partial charge < -0.3 is 10.2 Å². The van der Waals surface area contributed by atoms with Gasteiger partial charge in [0.15, 0.2) is 5.78 Å². The predicted molar refractivity (Wildman–Crippen MR) is 98.2 cm³/mol. The fourth-order valence-electron chi connectivity index (χ4n) is 2.48. The minimum absolute atomic E-state index is 0.00242. The van der Waals surface area contributed by atoms with Crippen LogP contribution in [0, 0.1) is 0 Å². The topological polar surface area (TPSA) is 75.2 Å². The van der Waals surface area contributed by atoms with Crippen molar-refractivity contribution in [3.8, 4) is 0 Å². The third-order valence-electron chi connectivity index (χ3n) is 3.69. The van der Waals surface area contributed by atoms with Gasteiger partial charge >= 0.3 is 0 Å². The second-order valence-corrected chi connectivity index (χ2v) is 5.84. The fraction of sp³-hybridized carbons (Fsp3) is 0.368. The Morgan fingerprint density at radius 1 is 1.08 bits per heavy atom. The number of anilines is 2. The third kappa shape index (κ3) is 5.11. The number of carbonyl (C=O) groups excluding carboxylic acids is 2. The van der Waals surface area contributed by atoms with Gasteiger partial charge in [0.1, 0.15) is 11.5 Å². The van der Waals surface area contributed by atoms with E-state index in [1.54, 1.807) is 23.1 Å². The number of ketones is 1. The van der Waals surface area contributed by atoms with Crippen LogP contribution in [-0.2, 0) is 0 Å². The molecule has 6 nitrogen and oxygen atoms in total. The van der Waals surface area contributed by atoms with E-state index in [-0.39, 0.29) is 11.7 Å². The van der Waals surface area contributed by atoms with Crippen molar-refractivity contribution in [3.63, 3.8) is 0 Å². The standard InChI is InChI=1S/C19H24N4O2/c1-4-9-23(10-5-2)19(25)17-12-21-18(13-20-17)22-16-8-6-7-15(11-16)14(3)24/h6-8,11-13H,4-5,9-10H2,1-3H3,(H,21,22).